The highest BCUT2D eigenvalue weighted by atomic mass is 79.9. The Labute approximate surface area is 111 Å². The van der Waals surface area contributed by atoms with Gasteiger partial charge in [-0.25, -0.2) is 4.79 Å². The van der Waals surface area contributed by atoms with E-state index in [2.05, 4.69) is 26.6 Å². The van der Waals surface area contributed by atoms with Crippen LogP contribution >= 0.6 is 15.9 Å². The highest BCUT2D eigenvalue weighted by Crippen LogP contribution is 2.06. The quantitative estimate of drug-likeness (QED) is 0.601. The van der Waals surface area contributed by atoms with Gasteiger partial charge in [-0.2, -0.15) is 0 Å². The number of alkyl carbamates (subject to hydrolysis) is 1. The van der Waals surface area contributed by atoms with Gasteiger partial charge in [-0.05, 0) is 34.1 Å². The molecular formula is C11H21BrN2O3. The topological polar surface area (TPSA) is 67.4 Å². The van der Waals surface area contributed by atoms with Gasteiger partial charge < -0.3 is 15.4 Å². The van der Waals surface area contributed by atoms with Gasteiger partial charge in [0, 0.05) is 13.1 Å². The Bertz CT molecular complexity index is 262. The molecule has 2 amide bonds. The molecule has 6 heteroatoms. The van der Waals surface area contributed by atoms with Crippen molar-refractivity contribution < 1.29 is 14.3 Å². The van der Waals surface area contributed by atoms with Gasteiger partial charge >= 0.3 is 6.09 Å². The molecule has 5 nitrogen and oxygen atoms in total. The van der Waals surface area contributed by atoms with E-state index in [4.69, 9.17) is 4.74 Å². The molecule has 100 valence electrons. The summed E-state index contributed by atoms with van der Waals surface area (Å²) < 4.78 is 5.06. The molecular weight excluding hydrogens is 288 g/mol. The SMILES string of the molecule is CC(Br)C(=O)NCCCNC(=O)OC(C)(C)C. The van der Waals surface area contributed by atoms with Gasteiger partial charge in [0.2, 0.25) is 5.91 Å². The van der Waals surface area contributed by atoms with Crippen LogP contribution in [0, 0.1) is 0 Å². The Morgan fingerprint density at radius 2 is 1.76 bits per heavy atom. The van der Waals surface area contributed by atoms with E-state index >= 15 is 0 Å². The summed E-state index contributed by atoms with van der Waals surface area (Å²) in [5.41, 5.74) is -0.482. The second-order valence-corrected chi connectivity index (χ2v) is 6.06. The van der Waals surface area contributed by atoms with Crippen molar-refractivity contribution in [2.75, 3.05) is 13.1 Å². The molecule has 0 saturated heterocycles. The molecule has 0 spiro atoms. The van der Waals surface area contributed by atoms with E-state index in [-0.39, 0.29) is 10.7 Å². The van der Waals surface area contributed by atoms with Crippen molar-refractivity contribution in [3.63, 3.8) is 0 Å². The van der Waals surface area contributed by atoms with Gasteiger partial charge in [0.1, 0.15) is 5.60 Å². The number of carbonyl (C=O) groups excluding carboxylic acids is 2. The van der Waals surface area contributed by atoms with Gasteiger partial charge in [-0.3, -0.25) is 4.79 Å². The molecule has 0 aliphatic rings. The zero-order valence-electron chi connectivity index (χ0n) is 10.8. The van der Waals surface area contributed by atoms with Crippen molar-refractivity contribution in [3.05, 3.63) is 0 Å². The van der Waals surface area contributed by atoms with Crippen LogP contribution in [-0.4, -0.2) is 35.5 Å². The molecule has 0 radical (unpaired) electrons. The predicted octanol–water partition coefficient (Wildman–Crippen LogP) is 1.80. The first-order valence-corrected chi connectivity index (χ1v) is 6.52. The smallest absolute Gasteiger partial charge is 0.407 e. The fraction of sp³-hybridized carbons (Fsp3) is 0.818. The van der Waals surface area contributed by atoms with Crippen molar-refractivity contribution in [1.82, 2.24) is 10.6 Å². The zero-order chi connectivity index (χ0) is 13.5. The molecule has 0 aromatic rings. The third-order valence-electron chi connectivity index (χ3n) is 1.68. The molecule has 0 aliphatic heterocycles. The maximum atomic E-state index is 11.2. The maximum Gasteiger partial charge on any atom is 0.407 e. The monoisotopic (exact) mass is 308 g/mol. The normalized spacial score (nSPS) is 12.8. The van der Waals surface area contributed by atoms with Crippen LogP contribution in [0.25, 0.3) is 0 Å². The average Bonchev–Trinajstić information content (AvgIpc) is 2.13. The van der Waals surface area contributed by atoms with Crippen molar-refractivity contribution in [2.24, 2.45) is 0 Å². The van der Waals surface area contributed by atoms with E-state index in [1.165, 1.54) is 0 Å². The molecule has 17 heavy (non-hydrogen) atoms. The fourth-order valence-electron chi connectivity index (χ4n) is 0.945. The number of carbonyl (C=O) groups is 2. The van der Waals surface area contributed by atoms with Crippen LogP contribution in [0.5, 0.6) is 0 Å². The molecule has 0 rings (SSSR count). The minimum absolute atomic E-state index is 0.0535. The van der Waals surface area contributed by atoms with Crippen molar-refractivity contribution in [3.8, 4) is 0 Å². The number of nitrogens with one attached hydrogen (secondary N) is 2. The third kappa shape index (κ3) is 10.1. The van der Waals surface area contributed by atoms with E-state index in [1.807, 2.05) is 20.8 Å². The number of amides is 2. The summed E-state index contributed by atoms with van der Waals surface area (Å²) in [5, 5.41) is 5.34. The molecule has 0 fully saturated rings. The van der Waals surface area contributed by atoms with Crippen LogP contribution in [-0.2, 0) is 9.53 Å². The van der Waals surface area contributed by atoms with Crippen LogP contribution < -0.4 is 10.6 Å². The van der Waals surface area contributed by atoms with Crippen LogP contribution in [0.2, 0.25) is 0 Å². The lowest BCUT2D eigenvalue weighted by atomic mass is 10.2. The number of rotatable bonds is 5. The van der Waals surface area contributed by atoms with E-state index in [0.29, 0.717) is 19.5 Å². The van der Waals surface area contributed by atoms with Crippen molar-refractivity contribution in [1.29, 1.82) is 0 Å². The minimum atomic E-state index is -0.482. The van der Waals surface area contributed by atoms with Gasteiger partial charge in [-0.15, -0.1) is 0 Å². The fourth-order valence-corrected chi connectivity index (χ4v) is 1.11. The number of alkyl halides is 1. The van der Waals surface area contributed by atoms with Gasteiger partial charge in [0.15, 0.2) is 0 Å². The van der Waals surface area contributed by atoms with Gasteiger partial charge in [0.25, 0.3) is 0 Å². The Hall–Kier alpha value is -0.780. The van der Waals surface area contributed by atoms with Crippen LogP contribution in [0.3, 0.4) is 0 Å². The molecule has 2 N–H and O–H groups in total. The lowest BCUT2D eigenvalue weighted by Crippen LogP contribution is -2.35. The lowest BCUT2D eigenvalue weighted by molar-refractivity contribution is -0.120. The highest BCUT2D eigenvalue weighted by molar-refractivity contribution is 9.10. The Morgan fingerprint density at radius 1 is 1.24 bits per heavy atom. The molecule has 0 saturated carbocycles. The largest absolute Gasteiger partial charge is 0.444 e. The highest BCUT2D eigenvalue weighted by Gasteiger charge is 2.15. The van der Waals surface area contributed by atoms with Crippen molar-refractivity contribution >= 4 is 27.9 Å². The minimum Gasteiger partial charge on any atom is -0.444 e. The zero-order valence-corrected chi connectivity index (χ0v) is 12.4. The van der Waals surface area contributed by atoms with Crippen LogP contribution in [0.4, 0.5) is 4.79 Å². The summed E-state index contributed by atoms with van der Waals surface area (Å²) in [7, 11) is 0. The number of halogens is 1. The lowest BCUT2D eigenvalue weighted by Gasteiger charge is -2.19. The Morgan fingerprint density at radius 3 is 2.24 bits per heavy atom. The summed E-state index contributed by atoms with van der Waals surface area (Å²) in [6, 6.07) is 0. The number of hydrogen-bond donors (Lipinski definition) is 2. The number of hydrogen-bond acceptors (Lipinski definition) is 3. The average molecular weight is 309 g/mol. The van der Waals surface area contributed by atoms with E-state index in [9.17, 15) is 9.59 Å². The van der Waals surface area contributed by atoms with E-state index in [0.717, 1.165) is 0 Å². The first kappa shape index (κ1) is 16.2. The summed E-state index contributed by atoms with van der Waals surface area (Å²) in [6.45, 7) is 8.20. The molecule has 0 bridgehead atoms. The second kappa shape index (κ2) is 7.53. The maximum absolute atomic E-state index is 11.2. The molecule has 0 aromatic carbocycles. The number of ether oxygens (including phenoxy) is 1. The third-order valence-corrected chi connectivity index (χ3v) is 2.10. The molecule has 0 aromatic heterocycles. The van der Waals surface area contributed by atoms with Crippen molar-refractivity contribution in [2.45, 2.75) is 44.5 Å². The van der Waals surface area contributed by atoms with Crippen LogP contribution in [0.15, 0.2) is 0 Å². The first-order chi connectivity index (χ1) is 7.72. The molecule has 1 atom stereocenters. The molecule has 0 heterocycles. The molecule has 1 unspecified atom stereocenters. The first-order valence-electron chi connectivity index (χ1n) is 5.61. The van der Waals surface area contributed by atoms with E-state index in [1.54, 1.807) is 6.92 Å². The summed E-state index contributed by atoms with van der Waals surface area (Å²) >= 11 is 3.16. The second-order valence-electron chi connectivity index (χ2n) is 4.69. The van der Waals surface area contributed by atoms with E-state index < -0.39 is 11.7 Å². The standard InChI is InChI=1S/C11H21BrN2O3/c1-8(12)9(15)13-6-5-7-14-10(16)17-11(2,3)4/h8H,5-7H2,1-4H3,(H,13,15)(H,14,16). The summed E-state index contributed by atoms with van der Waals surface area (Å²) in [4.78, 5) is 22.2. The Kier molecular flexibility index (Phi) is 7.18. The Balaban J connectivity index is 3.53. The van der Waals surface area contributed by atoms with Gasteiger partial charge in [0.05, 0.1) is 4.83 Å². The van der Waals surface area contributed by atoms with Crippen LogP contribution in [0.1, 0.15) is 34.1 Å². The van der Waals surface area contributed by atoms with Gasteiger partial charge in [-0.1, -0.05) is 15.9 Å². The predicted molar refractivity (Wildman–Crippen MR) is 70.3 cm³/mol. The summed E-state index contributed by atoms with van der Waals surface area (Å²) in [5.74, 6) is -0.0535. The summed E-state index contributed by atoms with van der Waals surface area (Å²) in [6.07, 6.45) is 0.239. The molecule has 0 aliphatic carbocycles.